The molecule has 182 valence electrons. The number of para-hydroxylation sites is 1. The molecule has 2 N–H and O–H groups in total. The van der Waals surface area contributed by atoms with E-state index in [4.69, 9.17) is 15.5 Å². The predicted octanol–water partition coefficient (Wildman–Crippen LogP) is 3.57. The van der Waals surface area contributed by atoms with Gasteiger partial charge in [0.1, 0.15) is 12.0 Å². The summed E-state index contributed by atoms with van der Waals surface area (Å²) in [4.78, 5) is 45.1. The number of rotatable bonds is 8. The summed E-state index contributed by atoms with van der Waals surface area (Å²) < 4.78 is 7.16. The molecular weight excluding hydrogens is 454 g/mol. The van der Waals surface area contributed by atoms with Gasteiger partial charge in [0.2, 0.25) is 0 Å². The molecule has 5 rings (SSSR count). The van der Waals surface area contributed by atoms with Crippen molar-refractivity contribution in [3.05, 3.63) is 101 Å². The molecule has 0 aliphatic carbocycles. The second-order valence-corrected chi connectivity index (χ2v) is 9.37. The molecule has 0 unspecified atom stereocenters. The van der Waals surface area contributed by atoms with Crippen LogP contribution in [0, 0.1) is 5.92 Å². The molecule has 4 heterocycles. The first-order valence-corrected chi connectivity index (χ1v) is 11.8. The van der Waals surface area contributed by atoms with Gasteiger partial charge >= 0.3 is 5.97 Å². The molecule has 2 aromatic heterocycles. The van der Waals surface area contributed by atoms with Gasteiger partial charge in [-0.25, -0.2) is 4.98 Å². The van der Waals surface area contributed by atoms with Crippen LogP contribution in [0.15, 0.2) is 79.2 Å². The summed E-state index contributed by atoms with van der Waals surface area (Å²) in [6.45, 7) is 11.5. The lowest BCUT2D eigenvalue weighted by atomic mass is 9.69. The quantitative estimate of drug-likeness (QED) is 0.305. The first-order chi connectivity index (χ1) is 17.3. The standard InChI is InChI=1S/C29H27N3O4/c1-4-11-29(14-24(33)25(30)17(5-2)6-3)21-13-23-26-19(12-18-9-7-8-10-22(18)31-26)15-32(23)27(34)20(21)16-36-28(29)35/h4-10,12-13,17,25H,1-3,11,14-16,30H2/t25-,29-/m0/s1. The molecule has 7 nitrogen and oxygen atoms in total. The fraction of sp³-hybridized carbons (Fsp3) is 0.241. The lowest BCUT2D eigenvalue weighted by molar-refractivity contribution is -0.156. The Morgan fingerprint density at radius 2 is 1.94 bits per heavy atom. The van der Waals surface area contributed by atoms with Gasteiger partial charge in [-0.05, 0) is 30.2 Å². The largest absolute Gasteiger partial charge is 0.460 e. The van der Waals surface area contributed by atoms with Gasteiger partial charge in [-0.15, -0.1) is 19.7 Å². The van der Waals surface area contributed by atoms with Gasteiger partial charge in [0, 0.05) is 23.3 Å². The fourth-order valence-corrected chi connectivity index (χ4v) is 5.37. The predicted molar refractivity (Wildman–Crippen MR) is 138 cm³/mol. The van der Waals surface area contributed by atoms with Crippen LogP contribution < -0.4 is 11.3 Å². The first-order valence-electron chi connectivity index (χ1n) is 11.8. The van der Waals surface area contributed by atoms with Gasteiger partial charge in [-0.3, -0.25) is 14.4 Å². The molecule has 3 aromatic rings. The highest BCUT2D eigenvalue weighted by molar-refractivity contribution is 5.95. The molecule has 2 aliphatic rings. The van der Waals surface area contributed by atoms with Crippen molar-refractivity contribution in [2.45, 2.75) is 37.5 Å². The fourth-order valence-electron chi connectivity index (χ4n) is 5.37. The number of pyridine rings is 2. The Morgan fingerprint density at radius 1 is 1.19 bits per heavy atom. The molecule has 1 aromatic carbocycles. The average molecular weight is 482 g/mol. The molecule has 0 spiro atoms. The summed E-state index contributed by atoms with van der Waals surface area (Å²) in [5.74, 6) is -1.37. The SMILES string of the molecule is C=CC[C@@]1(CC(=O)[C@@H](N)C(C=C)C=C)C(=O)OCc2c1cc1n(c2=O)Cc2cc3ccccc3nc2-1. The van der Waals surface area contributed by atoms with E-state index in [1.807, 2.05) is 36.4 Å². The third-order valence-corrected chi connectivity index (χ3v) is 7.33. The number of carbonyl (C=O) groups is 2. The van der Waals surface area contributed by atoms with Gasteiger partial charge in [0.25, 0.3) is 5.56 Å². The normalized spacial score (nSPS) is 18.7. The van der Waals surface area contributed by atoms with E-state index < -0.39 is 23.3 Å². The number of nitrogens with two attached hydrogens (primary N) is 1. The topological polar surface area (TPSA) is 104 Å². The summed E-state index contributed by atoms with van der Waals surface area (Å²) in [6.07, 6.45) is 4.55. The zero-order valence-corrected chi connectivity index (χ0v) is 19.9. The minimum Gasteiger partial charge on any atom is -0.460 e. The van der Waals surface area contributed by atoms with E-state index in [1.165, 1.54) is 0 Å². The number of aromatic nitrogens is 2. The Labute approximate surface area is 208 Å². The highest BCUT2D eigenvalue weighted by atomic mass is 16.5. The summed E-state index contributed by atoms with van der Waals surface area (Å²) in [7, 11) is 0. The number of ether oxygens (including phenoxy) is 1. The van der Waals surface area contributed by atoms with E-state index in [1.54, 1.807) is 22.8 Å². The number of hydrogen-bond acceptors (Lipinski definition) is 6. The van der Waals surface area contributed by atoms with Crippen LogP contribution in [0.5, 0.6) is 0 Å². The average Bonchev–Trinajstić information content (AvgIpc) is 3.23. The van der Waals surface area contributed by atoms with E-state index in [9.17, 15) is 14.4 Å². The van der Waals surface area contributed by atoms with Crippen molar-refractivity contribution in [2.75, 3.05) is 0 Å². The van der Waals surface area contributed by atoms with E-state index in [0.29, 0.717) is 29.1 Å². The summed E-state index contributed by atoms with van der Waals surface area (Å²) in [5.41, 5.74) is 8.44. The summed E-state index contributed by atoms with van der Waals surface area (Å²) in [5, 5.41) is 0.986. The van der Waals surface area contributed by atoms with E-state index >= 15 is 0 Å². The van der Waals surface area contributed by atoms with Crippen LogP contribution in [0.2, 0.25) is 0 Å². The first kappa shape index (κ1) is 23.6. The van der Waals surface area contributed by atoms with E-state index in [0.717, 1.165) is 16.5 Å². The number of hydrogen-bond donors (Lipinski definition) is 1. The van der Waals surface area contributed by atoms with Gasteiger partial charge in [-0.1, -0.05) is 36.4 Å². The molecule has 7 heteroatoms. The zero-order chi connectivity index (χ0) is 25.6. The van der Waals surface area contributed by atoms with Crippen molar-refractivity contribution in [1.29, 1.82) is 0 Å². The van der Waals surface area contributed by atoms with Crippen molar-refractivity contribution in [3.8, 4) is 11.4 Å². The molecule has 2 atom stereocenters. The second kappa shape index (κ2) is 8.84. The second-order valence-electron chi connectivity index (χ2n) is 9.37. The molecule has 2 aliphatic heterocycles. The number of Topliss-reactive ketones (excluding diaryl/α,β-unsaturated/α-hetero) is 1. The van der Waals surface area contributed by atoms with E-state index in [2.05, 4.69) is 19.7 Å². The highest BCUT2D eigenvalue weighted by Crippen LogP contribution is 2.42. The van der Waals surface area contributed by atoms with Crippen molar-refractivity contribution in [3.63, 3.8) is 0 Å². The minimum absolute atomic E-state index is 0.116. The maximum Gasteiger partial charge on any atom is 0.317 e. The Balaban J connectivity index is 1.69. The smallest absolute Gasteiger partial charge is 0.317 e. The van der Waals surface area contributed by atoms with E-state index in [-0.39, 0.29) is 30.8 Å². The maximum atomic E-state index is 13.7. The van der Waals surface area contributed by atoms with Crippen LogP contribution in [-0.2, 0) is 32.9 Å². The van der Waals surface area contributed by atoms with Crippen LogP contribution >= 0.6 is 0 Å². The van der Waals surface area contributed by atoms with Crippen LogP contribution in [-0.4, -0.2) is 27.3 Å². The number of allylic oxidation sites excluding steroid dienone is 1. The summed E-state index contributed by atoms with van der Waals surface area (Å²) in [6, 6.07) is 10.7. The van der Waals surface area contributed by atoms with Gasteiger partial charge in [0.05, 0.1) is 35.1 Å². The molecule has 0 saturated carbocycles. The molecule has 0 amide bonds. The molecule has 0 fully saturated rings. The highest BCUT2D eigenvalue weighted by Gasteiger charge is 2.49. The Hall–Kier alpha value is -4.10. The van der Waals surface area contributed by atoms with Gasteiger partial charge < -0.3 is 15.0 Å². The number of cyclic esters (lactones) is 1. The zero-order valence-electron chi connectivity index (χ0n) is 19.9. The lowest BCUT2D eigenvalue weighted by Gasteiger charge is -2.37. The van der Waals surface area contributed by atoms with Crippen molar-refractivity contribution < 1.29 is 14.3 Å². The minimum atomic E-state index is -1.41. The third kappa shape index (κ3) is 3.46. The number of nitrogens with zero attached hydrogens (tertiary/aromatic N) is 2. The van der Waals surface area contributed by atoms with Crippen molar-refractivity contribution >= 4 is 22.7 Å². The molecular formula is C29H27N3O4. The van der Waals surface area contributed by atoms with Crippen LogP contribution in [0.1, 0.15) is 29.5 Å². The molecule has 36 heavy (non-hydrogen) atoms. The number of ketones is 1. The Kier molecular flexibility index (Phi) is 5.80. The maximum absolute atomic E-state index is 13.7. The molecule has 0 radical (unpaired) electrons. The number of fused-ring (bicyclic) bond motifs is 5. The van der Waals surface area contributed by atoms with Crippen molar-refractivity contribution in [2.24, 2.45) is 11.7 Å². The Bertz CT molecular complexity index is 1510. The number of benzene rings is 1. The van der Waals surface area contributed by atoms with Crippen LogP contribution in [0.4, 0.5) is 0 Å². The molecule has 0 bridgehead atoms. The summed E-state index contributed by atoms with van der Waals surface area (Å²) >= 11 is 0. The lowest BCUT2D eigenvalue weighted by Crippen LogP contribution is -2.49. The monoisotopic (exact) mass is 481 g/mol. The van der Waals surface area contributed by atoms with Gasteiger partial charge in [-0.2, -0.15) is 0 Å². The number of esters is 1. The molecule has 0 saturated heterocycles. The van der Waals surface area contributed by atoms with Crippen LogP contribution in [0.3, 0.4) is 0 Å². The van der Waals surface area contributed by atoms with Gasteiger partial charge in [0.15, 0.2) is 5.78 Å². The third-order valence-electron chi connectivity index (χ3n) is 7.33. The number of carbonyl (C=O) groups excluding carboxylic acids is 2. The van der Waals surface area contributed by atoms with Crippen LogP contribution in [0.25, 0.3) is 22.3 Å². The van der Waals surface area contributed by atoms with Crippen molar-refractivity contribution in [1.82, 2.24) is 9.55 Å². The Morgan fingerprint density at radius 3 is 2.67 bits per heavy atom.